The molecule has 1 aromatic carbocycles. The molecule has 0 spiro atoms. The first kappa shape index (κ1) is 21.8. The Labute approximate surface area is 191 Å². The normalized spacial score (nSPS) is 10.5. The Balaban J connectivity index is 1.52. The maximum absolute atomic E-state index is 7.52. The highest BCUT2D eigenvalue weighted by Gasteiger charge is 2.11. The lowest BCUT2D eigenvalue weighted by Crippen LogP contribution is -1.98. The number of aryl methyl sites for hydroxylation is 2. The summed E-state index contributed by atoms with van der Waals surface area (Å²) in [6.45, 7) is 1.94. The van der Waals surface area contributed by atoms with Gasteiger partial charge in [0.2, 0.25) is 0 Å². The van der Waals surface area contributed by atoms with Crippen molar-refractivity contribution in [3.63, 3.8) is 0 Å². The molecule has 3 aromatic heterocycles. The number of aromatic nitrogens is 3. The first-order valence-corrected chi connectivity index (χ1v) is 10.4. The molecule has 0 aliphatic rings. The predicted molar refractivity (Wildman–Crippen MR) is 127 cm³/mol. The van der Waals surface area contributed by atoms with Gasteiger partial charge in [-0.05, 0) is 61.4 Å². The summed E-state index contributed by atoms with van der Waals surface area (Å²) in [6.07, 6.45) is 6.25. The van der Waals surface area contributed by atoms with E-state index in [1.807, 2.05) is 61.5 Å². The maximum atomic E-state index is 7.52. The molecule has 0 unspecified atom stereocenters. The zero-order valence-electron chi connectivity index (χ0n) is 18.1. The van der Waals surface area contributed by atoms with Crippen LogP contribution in [0.15, 0.2) is 84.4 Å². The molecular weight excluding hydrogens is 414 g/mol. The molecule has 0 bridgehead atoms. The number of nitrogens with zero attached hydrogens (tertiary/aromatic N) is 4. The van der Waals surface area contributed by atoms with E-state index < -0.39 is 0 Å². The second-order valence-corrected chi connectivity index (χ2v) is 7.40. The Hall–Kier alpha value is -4.46. The number of nitrogens with one attached hydrogen (secondary N) is 3. The zero-order valence-corrected chi connectivity index (χ0v) is 18.1. The van der Waals surface area contributed by atoms with Crippen molar-refractivity contribution in [2.75, 3.05) is 5.32 Å². The van der Waals surface area contributed by atoms with Gasteiger partial charge in [-0.1, -0.05) is 12.1 Å². The molecule has 8 heteroatoms. The average molecular weight is 438 g/mol. The molecule has 0 amide bonds. The molecule has 3 heterocycles. The molecule has 0 radical (unpaired) electrons. The number of rotatable bonds is 8. The number of amidine groups is 1. The number of pyridine rings is 3. The van der Waals surface area contributed by atoms with Gasteiger partial charge in [0.15, 0.2) is 5.75 Å². The van der Waals surface area contributed by atoms with E-state index in [1.54, 1.807) is 24.7 Å². The summed E-state index contributed by atoms with van der Waals surface area (Å²) in [6, 6.07) is 19.1. The molecule has 8 nitrogen and oxygen atoms in total. The number of ether oxygens (including phenoxy) is 1. The lowest BCUT2D eigenvalue weighted by Gasteiger charge is -2.13. The van der Waals surface area contributed by atoms with Crippen molar-refractivity contribution >= 4 is 17.3 Å². The Bertz CT molecular complexity index is 1270. The highest BCUT2D eigenvalue weighted by atomic mass is 16.5. The van der Waals surface area contributed by atoms with Crippen LogP contribution < -0.4 is 10.1 Å². The van der Waals surface area contributed by atoms with E-state index in [9.17, 15) is 0 Å². The second-order valence-electron chi connectivity index (χ2n) is 7.40. The summed E-state index contributed by atoms with van der Waals surface area (Å²) >= 11 is 0. The van der Waals surface area contributed by atoms with Crippen LogP contribution in [0.3, 0.4) is 0 Å². The van der Waals surface area contributed by atoms with Crippen molar-refractivity contribution in [3.8, 4) is 22.8 Å². The Kier molecular flexibility index (Phi) is 6.75. The van der Waals surface area contributed by atoms with E-state index in [0.29, 0.717) is 30.2 Å². The Morgan fingerprint density at radius 3 is 2.79 bits per heavy atom. The van der Waals surface area contributed by atoms with Gasteiger partial charge in [0, 0.05) is 48.0 Å². The molecule has 0 saturated carbocycles. The van der Waals surface area contributed by atoms with Gasteiger partial charge in [0.1, 0.15) is 23.1 Å². The van der Waals surface area contributed by atoms with Crippen LogP contribution in [0.4, 0.5) is 11.5 Å². The minimum atomic E-state index is 0.0659. The van der Waals surface area contributed by atoms with E-state index in [2.05, 4.69) is 25.4 Å². The molecule has 0 atom stereocenters. The lowest BCUT2D eigenvalue weighted by molar-refractivity contribution is 0.481. The van der Waals surface area contributed by atoms with E-state index in [-0.39, 0.29) is 5.84 Å². The van der Waals surface area contributed by atoms with Gasteiger partial charge in [-0.3, -0.25) is 10.4 Å². The van der Waals surface area contributed by atoms with E-state index >= 15 is 0 Å². The Morgan fingerprint density at radius 2 is 1.97 bits per heavy atom. The van der Waals surface area contributed by atoms with Gasteiger partial charge < -0.3 is 10.1 Å². The average Bonchev–Trinajstić information content (AvgIpc) is 2.84. The van der Waals surface area contributed by atoms with Gasteiger partial charge >= 0.3 is 0 Å². The van der Waals surface area contributed by atoms with Crippen molar-refractivity contribution < 1.29 is 4.74 Å². The second kappa shape index (κ2) is 10.2. The molecule has 3 N–H and O–H groups in total. The van der Waals surface area contributed by atoms with Crippen LogP contribution in [0, 0.1) is 17.9 Å². The molecule has 0 fully saturated rings. The molecule has 0 aliphatic heterocycles. The molecule has 0 saturated heterocycles. The van der Waals surface area contributed by atoms with Crippen LogP contribution in [-0.4, -0.2) is 20.8 Å². The third-order valence-electron chi connectivity index (χ3n) is 4.88. The minimum absolute atomic E-state index is 0.0659. The van der Waals surface area contributed by atoms with Crippen LogP contribution in [0.25, 0.3) is 11.3 Å². The smallest absolute Gasteiger partial charge is 0.153 e. The van der Waals surface area contributed by atoms with Crippen molar-refractivity contribution in [2.24, 2.45) is 5.11 Å². The third-order valence-corrected chi connectivity index (χ3v) is 4.88. The number of hydrogen-bond acceptors (Lipinski definition) is 7. The molecule has 4 aromatic rings. The summed E-state index contributed by atoms with van der Waals surface area (Å²) < 4.78 is 6.18. The number of hydrogen-bond donors (Lipinski definition) is 3. The number of anilines is 2. The summed E-state index contributed by atoms with van der Waals surface area (Å²) in [5, 5.41) is 14.0. The van der Waals surface area contributed by atoms with Crippen molar-refractivity contribution in [1.29, 1.82) is 10.9 Å². The molecule has 0 aliphatic carbocycles. The minimum Gasteiger partial charge on any atom is -0.455 e. The fraction of sp³-hybridized carbons (Fsp3) is 0.120. The fourth-order valence-corrected chi connectivity index (χ4v) is 3.28. The van der Waals surface area contributed by atoms with Crippen LogP contribution >= 0.6 is 0 Å². The topological polar surface area (TPSA) is 120 Å². The van der Waals surface area contributed by atoms with E-state index in [4.69, 9.17) is 15.7 Å². The summed E-state index contributed by atoms with van der Waals surface area (Å²) in [4.78, 5) is 13.2. The van der Waals surface area contributed by atoms with Gasteiger partial charge in [0.25, 0.3) is 0 Å². The fourth-order valence-electron chi connectivity index (χ4n) is 3.28. The van der Waals surface area contributed by atoms with Gasteiger partial charge in [-0.25, -0.2) is 15.5 Å². The molecule has 164 valence electrons. The maximum Gasteiger partial charge on any atom is 0.153 e. The van der Waals surface area contributed by atoms with Crippen LogP contribution in [-0.2, 0) is 6.42 Å². The first-order valence-electron chi connectivity index (χ1n) is 10.4. The quantitative estimate of drug-likeness (QED) is 0.169. The molecular formula is C25H23N7O. The summed E-state index contributed by atoms with van der Waals surface area (Å²) in [5.41, 5.74) is 11.3. The third kappa shape index (κ3) is 5.82. The zero-order chi connectivity index (χ0) is 23.0. The van der Waals surface area contributed by atoms with Crippen LogP contribution in [0.2, 0.25) is 0 Å². The van der Waals surface area contributed by atoms with Gasteiger partial charge in [0.05, 0.1) is 0 Å². The lowest BCUT2D eigenvalue weighted by atomic mass is 10.1. The summed E-state index contributed by atoms with van der Waals surface area (Å²) in [7, 11) is 0. The largest absolute Gasteiger partial charge is 0.455 e. The van der Waals surface area contributed by atoms with E-state index in [0.717, 1.165) is 28.2 Å². The standard InChI is InChI=1S/C25H23N7O/c1-17-7-9-22(25(30-17)19-5-3-12-28-16-19)33-21-11-13-29-24(15-21)31-20-6-2-4-18(14-20)8-10-23(26)32-27/h2-7,9,11-16,26-27H,8,10H2,1H3,(H,29,31). The molecule has 4 rings (SSSR count). The van der Waals surface area contributed by atoms with Gasteiger partial charge in [-0.2, -0.15) is 0 Å². The van der Waals surface area contributed by atoms with Crippen LogP contribution in [0.5, 0.6) is 11.5 Å². The van der Waals surface area contributed by atoms with Crippen molar-refractivity contribution in [3.05, 3.63) is 90.5 Å². The predicted octanol–water partition coefficient (Wildman–Crippen LogP) is 6.32. The number of benzene rings is 1. The first-order chi connectivity index (χ1) is 16.1. The highest BCUT2D eigenvalue weighted by Crippen LogP contribution is 2.32. The van der Waals surface area contributed by atoms with Crippen molar-refractivity contribution in [1.82, 2.24) is 15.0 Å². The van der Waals surface area contributed by atoms with Gasteiger partial charge in [-0.15, -0.1) is 5.11 Å². The van der Waals surface area contributed by atoms with E-state index in [1.165, 1.54) is 0 Å². The Morgan fingerprint density at radius 1 is 1.06 bits per heavy atom. The van der Waals surface area contributed by atoms with Crippen LogP contribution in [0.1, 0.15) is 17.7 Å². The van der Waals surface area contributed by atoms with Crippen molar-refractivity contribution in [2.45, 2.75) is 19.8 Å². The monoisotopic (exact) mass is 437 g/mol. The highest BCUT2D eigenvalue weighted by molar-refractivity contribution is 5.79. The molecule has 33 heavy (non-hydrogen) atoms. The SMILES string of the molecule is Cc1ccc(Oc2ccnc(Nc3cccc(CCC(=N)N=N)c3)c2)c(-c2cccnc2)n1. The summed E-state index contributed by atoms with van der Waals surface area (Å²) in [5.74, 6) is 1.97.